The van der Waals surface area contributed by atoms with Gasteiger partial charge in [0, 0.05) is 12.7 Å². The van der Waals surface area contributed by atoms with Crippen LogP contribution in [0.25, 0.3) is 0 Å². The molecule has 0 aliphatic carbocycles. The first-order chi connectivity index (χ1) is 8.47. The molecule has 0 bridgehead atoms. The van der Waals surface area contributed by atoms with Crippen LogP contribution in [0.1, 0.15) is 45.3 Å². The number of ether oxygens (including phenoxy) is 1. The van der Waals surface area contributed by atoms with Crippen molar-refractivity contribution in [1.29, 1.82) is 0 Å². The van der Waals surface area contributed by atoms with Crippen LogP contribution in [0, 0.1) is 0 Å². The summed E-state index contributed by atoms with van der Waals surface area (Å²) in [6, 6.07) is 5.86. The van der Waals surface area contributed by atoms with Gasteiger partial charge in [-0.1, -0.05) is 6.07 Å². The van der Waals surface area contributed by atoms with Crippen molar-refractivity contribution in [2.75, 3.05) is 6.54 Å². The summed E-state index contributed by atoms with van der Waals surface area (Å²) in [6.07, 6.45) is 3.48. The van der Waals surface area contributed by atoms with Crippen LogP contribution < -0.4 is 0 Å². The molecule has 0 N–H and O–H groups in total. The molecular weight excluding hydrogens is 228 g/mol. The number of pyridine rings is 1. The third-order valence-corrected chi connectivity index (χ3v) is 2.91. The van der Waals surface area contributed by atoms with Crippen molar-refractivity contribution in [3.8, 4) is 0 Å². The maximum Gasteiger partial charge on any atom is 0.410 e. The molecule has 0 saturated carbocycles. The lowest BCUT2D eigenvalue weighted by molar-refractivity contribution is 0.0221. The zero-order valence-electron chi connectivity index (χ0n) is 11.2. The first-order valence-electron chi connectivity index (χ1n) is 6.38. The highest BCUT2D eigenvalue weighted by molar-refractivity contribution is 5.69. The molecule has 1 aliphatic rings. The predicted octanol–water partition coefficient (Wildman–Crippen LogP) is 3.15. The Bertz CT molecular complexity index is 412. The number of rotatable bonds is 1. The van der Waals surface area contributed by atoms with E-state index in [4.69, 9.17) is 4.74 Å². The van der Waals surface area contributed by atoms with Crippen molar-refractivity contribution in [3.63, 3.8) is 0 Å². The summed E-state index contributed by atoms with van der Waals surface area (Å²) in [4.78, 5) is 18.2. The molecule has 0 unspecified atom stereocenters. The summed E-state index contributed by atoms with van der Waals surface area (Å²) in [5, 5.41) is 0. The lowest BCUT2D eigenvalue weighted by atomic mass is 10.1. The number of carbonyl (C=O) groups excluding carboxylic acids is 1. The molecule has 1 saturated heterocycles. The molecule has 1 aliphatic heterocycles. The number of likely N-dealkylation sites (tertiary alicyclic amines) is 1. The second kappa shape index (κ2) is 4.96. The zero-order valence-corrected chi connectivity index (χ0v) is 11.2. The smallest absolute Gasteiger partial charge is 0.410 e. The van der Waals surface area contributed by atoms with Crippen LogP contribution >= 0.6 is 0 Å². The Morgan fingerprint density at radius 1 is 1.44 bits per heavy atom. The average Bonchev–Trinajstić information content (AvgIpc) is 2.76. The van der Waals surface area contributed by atoms with E-state index in [0.717, 1.165) is 25.1 Å². The molecule has 2 rings (SSSR count). The number of hydrogen-bond donors (Lipinski definition) is 0. The summed E-state index contributed by atoms with van der Waals surface area (Å²) in [5.41, 5.74) is 0.495. The number of aromatic nitrogens is 1. The molecule has 98 valence electrons. The lowest BCUT2D eigenvalue weighted by Crippen LogP contribution is -2.36. The molecule has 1 aromatic rings. The van der Waals surface area contributed by atoms with Gasteiger partial charge < -0.3 is 4.74 Å². The third kappa shape index (κ3) is 3.00. The van der Waals surface area contributed by atoms with Crippen LogP contribution in [-0.4, -0.2) is 28.1 Å². The molecule has 0 aromatic carbocycles. The Morgan fingerprint density at radius 3 is 2.83 bits per heavy atom. The largest absolute Gasteiger partial charge is 0.444 e. The summed E-state index contributed by atoms with van der Waals surface area (Å²) >= 11 is 0. The van der Waals surface area contributed by atoms with E-state index in [1.807, 2.05) is 39.0 Å². The highest BCUT2D eigenvalue weighted by Crippen LogP contribution is 2.31. The Balaban J connectivity index is 2.11. The van der Waals surface area contributed by atoms with Gasteiger partial charge in [0.05, 0.1) is 11.7 Å². The van der Waals surface area contributed by atoms with Gasteiger partial charge in [-0.25, -0.2) is 4.79 Å². The molecule has 18 heavy (non-hydrogen) atoms. The van der Waals surface area contributed by atoms with Gasteiger partial charge in [0.2, 0.25) is 0 Å². The van der Waals surface area contributed by atoms with Crippen molar-refractivity contribution in [2.24, 2.45) is 0 Å². The topological polar surface area (TPSA) is 42.4 Å². The van der Waals surface area contributed by atoms with Crippen LogP contribution in [0.15, 0.2) is 24.4 Å². The Hall–Kier alpha value is -1.58. The molecule has 1 atom stereocenters. The summed E-state index contributed by atoms with van der Waals surface area (Å²) in [7, 11) is 0. The molecule has 0 spiro atoms. The fourth-order valence-corrected chi connectivity index (χ4v) is 2.19. The van der Waals surface area contributed by atoms with Crippen LogP contribution in [-0.2, 0) is 4.74 Å². The van der Waals surface area contributed by atoms with Crippen LogP contribution in [0.4, 0.5) is 4.79 Å². The molecule has 1 amide bonds. The Kier molecular flexibility index (Phi) is 3.55. The van der Waals surface area contributed by atoms with Gasteiger partial charge >= 0.3 is 6.09 Å². The first kappa shape index (κ1) is 12.9. The molecule has 0 radical (unpaired) electrons. The molecule has 4 heteroatoms. The van der Waals surface area contributed by atoms with E-state index >= 15 is 0 Å². The van der Waals surface area contributed by atoms with Crippen molar-refractivity contribution in [2.45, 2.75) is 45.3 Å². The van der Waals surface area contributed by atoms with Crippen molar-refractivity contribution in [3.05, 3.63) is 30.1 Å². The quantitative estimate of drug-likeness (QED) is 0.766. The van der Waals surface area contributed by atoms with E-state index in [9.17, 15) is 4.79 Å². The van der Waals surface area contributed by atoms with Crippen LogP contribution in [0.3, 0.4) is 0 Å². The monoisotopic (exact) mass is 248 g/mol. The minimum Gasteiger partial charge on any atom is -0.444 e. The lowest BCUT2D eigenvalue weighted by Gasteiger charge is -2.28. The van der Waals surface area contributed by atoms with Gasteiger partial charge in [-0.3, -0.25) is 9.88 Å². The standard InChI is InChI=1S/C14H20N2O2/c1-14(2,3)18-13(17)16-10-6-8-12(16)11-7-4-5-9-15-11/h4-5,7,9,12H,6,8,10H2,1-3H3/t12-/m0/s1. The molecule has 4 nitrogen and oxygen atoms in total. The van der Waals surface area contributed by atoms with Crippen molar-refractivity contribution >= 4 is 6.09 Å². The van der Waals surface area contributed by atoms with E-state index in [2.05, 4.69) is 4.98 Å². The van der Waals surface area contributed by atoms with E-state index in [1.165, 1.54) is 0 Å². The van der Waals surface area contributed by atoms with Crippen molar-refractivity contribution < 1.29 is 9.53 Å². The minimum atomic E-state index is -0.450. The molecule has 1 aromatic heterocycles. The minimum absolute atomic E-state index is 0.0565. The highest BCUT2D eigenvalue weighted by atomic mass is 16.6. The van der Waals surface area contributed by atoms with E-state index in [0.29, 0.717) is 0 Å². The van der Waals surface area contributed by atoms with E-state index < -0.39 is 5.60 Å². The highest BCUT2D eigenvalue weighted by Gasteiger charge is 2.33. The fourth-order valence-electron chi connectivity index (χ4n) is 2.19. The van der Waals surface area contributed by atoms with Gasteiger partial charge in [-0.2, -0.15) is 0 Å². The molecule has 1 fully saturated rings. The Morgan fingerprint density at radius 2 is 2.22 bits per heavy atom. The van der Waals surface area contributed by atoms with Crippen molar-refractivity contribution in [1.82, 2.24) is 9.88 Å². The third-order valence-electron chi connectivity index (χ3n) is 2.91. The maximum absolute atomic E-state index is 12.1. The summed E-state index contributed by atoms with van der Waals surface area (Å²) < 4.78 is 5.43. The van der Waals surface area contributed by atoms with Crippen LogP contribution in [0.2, 0.25) is 0 Å². The van der Waals surface area contributed by atoms with Gasteiger partial charge in [0.15, 0.2) is 0 Å². The maximum atomic E-state index is 12.1. The van der Waals surface area contributed by atoms with Gasteiger partial charge in [-0.15, -0.1) is 0 Å². The second-order valence-electron chi connectivity index (χ2n) is 5.59. The SMILES string of the molecule is CC(C)(C)OC(=O)N1CCC[C@H]1c1ccccn1. The summed E-state index contributed by atoms with van der Waals surface area (Å²) in [6.45, 7) is 6.40. The van der Waals surface area contributed by atoms with Gasteiger partial charge in [0.1, 0.15) is 5.60 Å². The zero-order chi connectivity index (χ0) is 13.2. The second-order valence-corrected chi connectivity index (χ2v) is 5.59. The molecular formula is C14H20N2O2. The van der Waals surface area contributed by atoms with E-state index in [1.54, 1.807) is 11.1 Å². The van der Waals surface area contributed by atoms with E-state index in [-0.39, 0.29) is 12.1 Å². The number of nitrogens with zero attached hydrogens (tertiary/aromatic N) is 2. The average molecular weight is 248 g/mol. The molecule has 2 heterocycles. The van der Waals surface area contributed by atoms with Gasteiger partial charge in [-0.05, 0) is 45.7 Å². The first-order valence-corrected chi connectivity index (χ1v) is 6.38. The normalized spacial score (nSPS) is 19.9. The predicted molar refractivity (Wildman–Crippen MR) is 69.2 cm³/mol. The number of carbonyl (C=O) groups is 1. The fraction of sp³-hybridized carbons (Fsp3) is 0.571. The number of amides is 1. The summed E-state index contributed by atoms with van der Waals surface area (Å²) in [5.74, 6) is 0. The number of hydrogen-bond acceptors (Lipinski definition) is 3. The van der Waals surface area contributed by atoms with Gasteiger partial charge in [0.25, 0.3) is 0 Å². The van der Waals surface area contributed by atoms with Crippen LogP contribution in [0.5, 0.6) is 0 Å². The Labute approximate surface area is 108 Å².